The van der Waals surface area contributed by atoms with Gasteiger partial charge in [-0.05, 0) is 29.9 Å². The van der Waals surface area contributed by atoms with E-state index in [0.717, 1.165) is 6.61 Å². The molecule has 0 radical (unpaired) electrons. The van der Waals surface area contributed by atoms with E-state index in [1.54, 1.807) is 11.8 Å². The van der Waals surface area contributed by atoms with Crippen LogP contribution in [0.4, 0.5) is 0 Å². The quantitative estimate of drug-likeness (QED) is 0.414. The summed E-state index contributed by atoms with van der Waals surface area (Å²) in [4.78, 5) is 1.25. The second-order valence-electron chi connectivity index (χ2n) is 6.42. The van der Waals surface area contributed by atoms with Gasteiger partial charge >= 0.3 is 5.16 Å². The van der Waals surface area contributed by atoms with Gasteiger partial charge in [-0.2, -0.15) is 0 Å². The minimum Gasteiger partial charge on any atom is -1.00 e. The standard InChI is InChI=1S/C16H25N2OSSi.ClH/c1-17-10-11-18(14-19-12-13-21(2,3)4)16(17)20-15-8-6-5-7-9-15;/h5-11H,12-14H2,1-4H3;1H/q+1;/p-1. The van der Waals surface area contributed by atoms with Crippen LogP contribution in [0.2, 0.25) is 25.7 Å². The van der Waals surface area contributed by atoms with E-state index in [0.29, 0.717) is 6.73 Å². The van der Waals surface area contributed by atoms with Gasteiger partial charge in [-0.1, -0.05) is 37.8 Å². The smallest absolute Gasteiger partial charge is 0.324 e. The van der Waals surface area contributed by atoms with Crippen molar-refractivity contribution >= 4 is 19.8 Å². The van der Waals surface area contributed by atoms with Crippen LogP contribution in [0.25, 0.3) is 0 Å². The third-order valence-electron chi connectivity index (χ3n) is 3.20. The zero-order valence-corrected chi connectivity index (χ0v) is 16.3. The van der Waals surface area contributed by atoms with Gasteiger partial charge < -0.3 is 17.1 Å². The molecule has 0 fully saturated rings. The Hall–Kier alpha value is -0.753. The minimum atomic E-state index is -1.01. The van der Waals surface area contributed by atoms with Crippen LogP contribution in [0.3, 0.4) is 0 Å². The molecule has 0 unspecified atom stereocenters. The molecule has 1 aromatic carbocycles. The van der Waals surface area contributed by atoms with Crippen LogP contribution in [0, 0.1) is 0 Å². The van der Waals surface area contributed by atoms with Gasteiger partial charge in [0.15, 0.2) is 6.73 Å². The molecule has 22 heavy (non-hydrogen) atoms. The normalized spacial score (nSPS) is 11.3. The number of ether oxygens (including phenoxy) is 1. The highest BCUT2D eigenvalue weighted by atomic mass is 35.5. The summed E-state index contributed by atoms with van der Waals surface area (Å²) in [5, 5.41) is 1.19. The molecule has 0 amide bonds. The van der Waals surface area contributed by atoms with Crippen LogP contribution in [-0.2, 0) is 18.5 Å². The molecule has 1 heterocycles. The Kier molecular flexibility index (Phi) is 7.69. The summed E-state index contributed by atoms with van der Waals surface area (Å²) in [6, 6.07) is 11.7. The third-order valence-corrected chi connectivity index (χ3v) is 6.11. The molecule has 0 spiro atoms. The van der Waals surface area contributed by atoms with Gasteiger partial charge in [0.2, 0.25) is 0 Å². The molecule has 0 saturated carbocycles. The molecule has 0 saturated heterocycles. The highest BCUT2D eigenvalue weighted by Crippen LogP contribution is 2.24. The molecule has 6 heteroatoms. The van der Waals surface area contributed by atoms with Crippen molar-refractivity contribution in [3.05, 3.63) is 42.7 Å². The van der Waals surface area contributed by atoms with E-state index in [4.69, 9.17) is 4.74 Å². The lowest BCUT2D eigenvalue weighted by atomic mass is 10.4. The molecule has 0 N–H and O–H groups in total. The monoisotopic (exact) mass is 356 g/mol. The first kappa shape index (κ1) is 19.3. The van der Waals surface area contributed by atoms with E-state index in [9.17, 15) is 0 Å². The fourth-order valence-corrected chi connectivity index (χ4v) is 3.57. The van der Waals surface area contributed by atoms with Crippen molar-refractivity contribution in [2.45, 2.75) is 42.5 Å². The van der Waals surface area contributed by atoms with E-state index in [1.807, 2.05) is 6.07 Å². The van der Waals surface area contributed by atoms with Crippen LogP contribution in [0.15, 0.2) is 52.8 Å². The lowest BCUT2D eigenvalue weighted by Gasteiger charge is -2.14. The van der Waals surface area contributed by atoms with E-state index in [1.165, 1.54) is 16.1 Å². The fourth-order valence-electron chi connectivity index (χ4n) is 1.87. The summed E-state index contributed by atoms with van der Waals surface area (Å²) < 4.78 is 10.2. The van der Waals surface area contributed by atoms with Crippen LogP contribution in [0.5, 0.6) is 0 Å². The second kappa shape index (κ2) is 8.77. The first-order chi connectivity index (χ1) is 9.96. The molecule has 122 valence electrons. The highest BCUT2D eigenvalue weighted by Gasteiger charge is 2.17. The summed E-state index contributed by atoms with van der Waals surface area (Å²) in [6.07, 6.45) is 4.16. The number of hydrogen-bond acceptors (Lipinski definition) is 2. The molecular formula is C16H25ClN2OSSi. The zero-order valence-electron chi connectivity index (χ0n) is 13.8. The number of hydrogen-bond donors (Lipinski definition) is 0. The van der Waals surface area contributed by atoms with Gasteiger partial charge in [0.1, 0.15) is 12.4 Å². The summed E-state index contributed by atoms with van der Waals surface area (Å²) >= 11 is 1.77. The lowest BCUT2D eigenvalue weighted by Crippen LogP contribution is -3.00. The molecule has 0 aliphatic rings. The predicted octanol–water partition coefficient (Wildman–Crippen LogP) is 0.780. The third kappa shape index (κ3) is 6.16. The Morgan fingerprint density at radius 1 is 1.18 bits per heavy atom. The topological polar surface area (TPSA) is 18.0 Å². The van der Waals surface area contributed by atoms with Gasteiger partial charge in [0.05, 0.1) is 7.05 Å². The zero-order chi connectivity index (χ0) is 15.3. The van der Waals surface area contributed by atoms with E-state index in [-0.39, 0.29) is 12.4 Å². The fraction of sp³-hybridized carbons (Fsp3) is 0.438. The van der Waals surface area contributed by atoms with Gasteiger partial charge in [0, 0.05) is 19.6 Å². The minimum absolute atomic E-state index is 0. The number of rotatable bonds is 7. The molecule has 0 aliphatic carbocycles. The van der Waals surface area contributed by atoms with E-state index >= 15 is 0 Å². The van der Waals surface area contributed by atoms with Crippen LogP contribution in [0.1, 0.15) is 0 Å². The first-order valence-electron chi connectivity index (χ1n) is 7.31. The molecule has 0 atom stereocenters. The Morgan fingerprint density at radius 2 is 1.86 bits per heavy atom. The molecule has 2 rings (SSSR count). The number of aromatic nitrogens is 2. The number of benzene rings is 1. The maximum absolute atomic E-state index is 5.86. The molecule has 0 bridgehead atoms. The van der Waals surface area contributed by atoms with Crippen molar-refractivity contribution in [1.82, 2.24) is 4.57 Å². The largest absolute Gasteiger partial charge is 1.00 e. The second-order valence-corrected chi connectivity index (χ2v) is 13.1. The summed E-state index contributed by atoms with van der Waals surface area (Å²) in [5.74, 6) is 0. The van der Waals surface area contributed by atoms with Crippen LogP contribution in [-0.4, -0.2) is 19.2 Å². The number of nitrogens with zero attached hydrogens (tertiary/aromatic N) is 2. The molecule has 1 aromatic heterocycles. The van der Waals surface area contributed by atoms with E-state index in [2.05, 4.69) is 72.5 Å². The van der Waals surface area contributed by atoms with Gasteiger partial charge in [-0.25, -0.2) is 9.13 Å². The summed E-state index contributed by atoms with van der Waals surface area (Å²) in [7, 11) is 1.06. The van der Waals surface area contributed by atoms with Crippen LogP contribution >= 0.6 is 11.8 Å². The highest BCUT2D eigenvalue weighted by molar-refractivity contribution is 7.99. The molecule has 2 aromatic rings. The van der Waals surface area contributed by atoms with Crippen molar-refractivity contribution in [3.63, 3.8) is 0 Å². The van der Waals surface area contributed by atoms with Crippen LogP contribution < -0.4 is 17.0 Å². The summed E-state index contributed by atoms with van der Waals surface area (Å²) in [5.41, 5.74) is 0. The molecule has 0 aliphatic heterocycles. The predicted molar refractivity (Wildman–Crippen MR) is 90.3 cm³/mol. The van der Waals surface area contributed by atoms with Gasteiger partial charge in [-0.15, -0.1) is 0 Å². The van der Waals surface area contributed by atoms with Gasteiger partial charge in [-0.3, -0.25) is 0 Å². The number of aryl methyl sites for hydroxylation is 1. The Bertz CT molecular complexity index is 569. The Balaban J connectivity index is 0.00000242. The number of halogens is 1. The van der Waals surface area contributed by atoms with Crippen molar-refractivity contribution < 1.29 is 21.7 Å². The SMILES string of the molecule is C[n+]1ccn(COCC[Si](C)(C)C)c1Sc1ccccc1.[Cl-]. The van der Waals surface area contributed by atoms with Crippen molar-refractivity contribution in [1.29, 1.82) is 0 Å². The van der Waals surface area contributed by atoms with Crippen molar-refractivity contribution in [2.24, 2.45) is 7.05 Å². The van der Waals surface area contributed by atoms with E-state index < -0.39 is 8.07 Å². The first-order valence-corrected chi connectivity index (χ1v) is 11.8. The Morgan fingerprint density at radius 3 is 2.50 bits per heavy atom. The average Bonchev–Trinajstić information content (AvgIpc) is 2.76. The van der Waals surface area contributed by atoms with Gasteiger partial charge in [0.25, 0.3) is 0 Å². The average molecular weight is 357 g/mol. The molecular weight excluding hydrogens is 332 g/mol. The summed E-state index contributed by atoms with van der Waals surface area (Å²) in [6.45, 7) is 8.61. The maximum Gasteiger partial charge on any atom is 0.324 e. The lowest BCUT2D eigenvalue weighted by molar-refractivity contribution is -0.709. The molecule has 3 nitrogen and oxygen atoms in total. The number of imidazole rings is 1. The van der Waals surface area contributed by atoms with Crippen molar-refractivity contribution in [2.75, 3.05) is 6.61 Å². The maximum atomic E-state index is 5.86. The van der Waals surface area contributed by atoms with Crippen molar-refractivity contribution in [3.8, 4) is 0 Å². The Labute approximate surface area is 145 Å².